The van der Waals surface area contributed by atoms with Crippen molar-refractivity contribution in [1.29, 1.82) is 0 Å². The van der Waals surface area contributed by atoms with Gasteiger partial charge >= 0.3 is 6.03 Å². The van der Waals surface area contributed by atoms with Gasteiger partial charge < -0.3 is 19.9 Å². The summed E-state index contributed by atoms with van der Waals surface area (Å²) in [4.78, 5) is 21.3. The van der Waals surface area contributed by atoms with Gasteiger partial charge in [0.2, 0.25) is 0 Å². The second-order valence-electron chi connectivity index (χ2n) is 6.41. The van der Waals surface area contributed by atoms with Gasteiger partial charge in [0.15, 0.2) is 0 Å². The Morgan fingerprint density at radius 3 is 2.87 bits per heavy atom. The molecule has 2 aliphatic rings. The third kappa shape index (κ3) is 3.75. The third-order valence-electron chi connectivity index (χ3n) is 4.56. The van der Waals surface area contributed by atoms with Gasteiger partial charge in [0.05, 0.1) is 19.3 Å². The van der Waals surface area contributed by atoms with Crippen molar-refractivity contribution in [2.45, 2.75) is 39.3 Å². The van der Waals surface area contributed by atoms with Gasteiger partial charge in [-0.15, -0.1) is 0 Å². The van der Waals surface area contributed by atoms with Crippen LogP contribution in [-0.4, -0.2) is 54.8 Å². The minimum Gasteiger partial charge on any atom is -0.377 e. The highest BCUT2D eigenvalue weighted by Crippen LogP contribution is 2.23. The fourth-order valence-electron chi connectivity index (χ4n) is 3.21. The molecule has 3 heterocycles. The summed E-state index contributed by atoms with van der Waals surface area (Å²) in [5, 5.41) is 3.05. The second kappa shape index (κ2) is 7.17. The largest absolute Gasteiger partial charge is 0.377 e. The Labute approximate surface area is 137 Å². The van der Waals surface area contributed by atoms with Gasteiger partial charge in [0.25, 0.3) is 0 Å². The Kier molecular flexibility index (Phi) is 5.00. The lowest BCUT2D eigenvalue weighted by Crippen LogP contribution is -2.51. The standard InChI is InChI=1S/C17H26N4O2/c1-13-5-6-15(16(19-13)20-7-3-4-8-20)11-18-17(22)21-9-10-23-12-14(21)2/h5-6,14H,3-4,7-12H2,1-2H3,(H,18,22). The fourth-order valence-corrected chi connectivity index (χ4v) is 3.21. The quantitative estimate of drug-likeness (QED) is 0.925. The van der Waals surface area contributed by atoms with Crippen LogP contribution in [0.15, 0.2) is 12.1 Å². The summed E-state index contributed by atoms with van der Waals surface area (Å²) in [5.74, 6) is 1.03. The number of aromatic nitrogens is 1. The first-order valence-electron chi connectivity index (χ1n) is 8.49. The number of carbonyl (C=O) groups excluding carboxylic acids is 1. The van der Waals surface area contributed by atoms with E-state index in [0.717, 1.165) is 30.2 Å². The van der Waals surface area contributed by atoms with Crippen LogP contribution in [-0.2, 0) is 11.3 Å². The SMILES string of the molecule is Cc1ccc(CNC(=O)N2CCOCC2C)c(N2CCCC2)n1. The fraction of sp³-hybridized carbons (Fsp3) is 0.647. The lowest BCUT2D eigenvalue weighted by Gasteiger charge is -2.33. The number of ether oxygens (including phenoxy) is 1. The number of aryl methyl sites for hydroxylation is 1. The van der Waals surface area contributed by atoms with Gasteiger partial charge in [-0.2, -0.15) is 0 Å². The average molecular weight is 318 g/mol. The monoisotopic (exact) mass is 318 g/mol. The smallest absolute Gasteiger partial charge is 0.318 e. The third-order valence-corrected chi connectivity index (χ3v) is 4.56. The molecule has 2 aliphatic heterocycles. The number of morpholine rings is 1. The van der Waals surface area contributed by atoms with Crippen LogP contribution in [0.25, 0.3) is 0 Å². The molecule has 0 spiro atoms. The molecule has 1 N–H and O–H groups in total. The van der Waals surface area contributed by atoms with Gasteiger partial charge in [-0.1, -0.05) is 6.07 Å². The molecular weight excluding hydrogens is 292 g/mol. The summed E-state index contributed by atoms with van der Waals surface area (Å²) in [6.45, 7) is 8.52. The number of carbonyl (C=O) groups is 1. The Morgan fingerprint density at radius 1 is 1.35 bits per heavy atom. The predicted molar refractivity (Wildman–Crippen MR) is 89.6 cm³/mol. The zero-order chi connectivity index (χ0) is 16.2. The second-order valence-corrected chi connectivity index (χ2v) is 6.41. The highest BCUT2D eigenvalue weighted by Gasteiger charge is 2.24. The van der Waals surface area contributed by atoms with Crippen LogP contribution >= 0.6 is 0 Å². The van der Waals surface area contributed by atoms with Gasteiger partial charge in [-0.3, -0.25) is 0 Å². The number of amides is 2. The molecule has 0 aromatic carbocycles. The van der Waals surface area contributed by atoms with E-state index in [1.54, 1.807) is 0 Å². The molecular formula is C17H26N4O2. The number of nitrogens with one attached hydrogen (secondary N) is 1. The van der Waals surface area contributed by atoms with Crippen LogP contribution in [0.1, 0.15) is 31.0 Å². The topological polar surface area (TPSA) is 57.7 Å². The molecule has 0 aliphatic carbocycles. The van der Waals surface area contributed by atoms with Gasteiger partial charge in [0, 0.05) is 37.4 Å². The van der Waals surface area contributed by atoms with Crippen molar-refractivity contribution in [3.05, 3.63) is 23.4 Å². The zero-order valence-corrected chi connectivity index (χ0v) is 14.0. The molecule has 2 fully saturated rings. The molecule has 1 aromatic rings. The maximum Gasteiger partial charge on any atom is 0.318 e. The minimum atomic E-state index is -0.0197. The normalized spacial score (nSPS) is 21.6. The Balaban J connectivity index is 1.66. The van der Waals surface area contributed by atoms with Crippen LogP contribution in [0.5, 0.6) is 0 Å². The molecule has 0 saturated carbocycles. The molecule has 23 heavy (non-hydrogen) atoms. The highest BCUT2D eigenvalue weighted by molar-refractivity contribution is 5.74. The number of pyridine rings is 1. The molecule has 6 nitrogen and oxygen atoms in total. The van der Waals surface area contributed by atoms with Crippen LogP contribution in [0.3, 0.4) is 0 Å². The molecule has 3 rings (SSSR count). The molecule has 1 unspecified atom stereocenters. The number of hydrogen-bond acceptors (Lipinski definition) is 4. The van der Waals surface area contributed by atoms with Crippen molar-refractivity contribution in [2.75, 3.05) is 37.7 Å². The first-order chi connectivity index (χ1) is 11.1. The maximum absolute atomic E-state index is 12.4. The van der Waals surface area contributed by atoms with Crippen LogP contribution in [0.4, 0.5) is 10.6 Å². The first kappa shape index (κ1) is 16.1. The number of nitrogens with zero attached hydrogens (tertiary/aromatic N) is 3. The van der Waals surface area contributed by atoms with E-state index in [-0.39, 0.29) is 12.1 Å². The number of urea groups is 1. The lowest BCUT2D eigenvalue weighted by molar-refractivity contribution is 0.0190. The molecule has 1 aromatic heterocycles. The summed E-state index contributed by atoms with van der Waals surface area (Å²) in [6, 6.07) is 4.20. The summed E-state index contributed by atoms with van der Waals surface area (Å²) in [5.41, 5.74) is 2.11. The average Bonchev–Trinajstić information content (AvgIpc) is 3.08. The predicted octanol–water partition coefficient (Wildman–Crippen LogP) is 1.92. The molecule has 1 atom stereocenters. The summed E-state index contributed by atoms with van der Waals surface area (Å²) in [6.07, 6.45) is 2.43. The van der Waals surface area contributed by atoms with Crippen molar-refractivity contribution in [3.63, 3.8) is 0 Å². The summed E-state index contributed by atoms with van der Waals surface area (Å²) < 4.78 is 5.39. The molecule has 6 heteroatoms. The van der Waals surface area contributed by atoms with Crippen molar-refractivity contribution in [2.24, 2.45) is 0 Å². The van der Waals surface area contributed by atoms with Crippen LogP contribution in [0.2, 0.25) is 0 Å². The van der Waals surface area contributed by atoms with E-state index in [9.17, 15) is 4.79 Å². The van der Waals surface area contributed by atoms with E-state index in [1.807, 2.05) is 24.8 Å². The molecule has 126 valence electrons. The van der Waals surface area contributed by atoms with E-state index in [4.69, 9.17) is 9.72 Å². The van der Waals surface area contributed by atoms with Crippen molar-refractivity contribution in [1.82, 2.24) is 15.2 Å². The highest BCUT2D eigenvalue weighted by atomic mass is 16.5. The lowest BCUT2D eigenvalue weighted by atomic mass is 10.2. The van der Waals surface area contributed by atoms with Crippen molar-refractivity contribution >= 4 is 11.8 Å². The zero-order valence-electron chi connectivity index (χ0n) is 14.0. The molecule has 0 bridgehead atoms. The van der Waals surface area contributed by atoms with Gasteiger partial charge in [-0.05, 0) is 32.8 Å². The van der Waals surface area contributed by atoms with Crippen molar-refractivity contribution in [3.8, 4) is 0 Å². The molecule has 2 saturated heterocycles. The Hall–Kier alpha value is -1.82. The van der Waals surface area contributed by atoms with Gasteiger partial charge in [0.1, 0.15) is 5.82 Å². The first-order valence-corrected chi connectivity index (χ1v) is 8.49. The summed E-state index contributed by atoms with van der Waals surface area (Å²) in [7, 11) is 0. The molecule has 2 amide bonds. The Bertz CT molecular complexity index is 558. The van der Waals surface area contributed by atoms with Gasteiger partial charge in [-0.25, -0.2) is 9.78 Å². The number of rotatable bonds is 3. The molecule has 0 radical (unpaired) electrons. The van der Waals surface area contributed by atoms with E-state index in [2.05, 4.69) is 16.3 Å². The maximum atomic E-state index is 12.4. The van der Waals surface area contributed by atoms with E-state index in [0.29, 0.717) is 26.3 Å². The number of hydrogen-bond donors (Lipinski definition) is 1. The summed E-state index contributed by atoms with van der Waals surface area (Å²) >= 11 is 0. The van der Waals surface area contributed by atoms with E-state index >= 15 is 0 Å². The van der Waals surface area contributed by atoms with Crippen molar-refractivity contribution < 1.29 is 9.53 Å². The Morgan fingerprint density at radius 2 is 2.13 bits per heavy atom. The number of anilines is 1. The van der Waals surface area contributed by atoms with Crippen LogP contribution in [0, 0.1) is 6.92 Å². The van der Waals surface area contributed by atoms with E-state index < -0.39 is 0 Å². The van der Waals surface area contributed by atoms with E-state index in [1.165, 1.54) is 12.8 Å². The minimum absolute atomic E-state index is 0.0197. The van der Waals surface area contributed by atoms with Crippen LogP contribution < -0.4 is 10.2 Å².